The Labute approximate surface area is 161 Å². The Morgan fingerprint density at radius 3 is 2.89 bits per heavy atom. The van der Waals surface area contributed by atoms with Crippen LogP contribution in [0.25, 0.3) is 0 Å². The highest BCUT2D eigenvalue weighted by molar-refractivity contribution is 6.32. The van der Waals surface area contributed by atoms with Gasteiger partial charge in [0, 0.05) is 36.7 Å². The van der Waals surface area contributed by atoms with Crippen molar-refractivity contribution in [1.82, 2.24) is 19.7 Å². The Morgan fingerprint density at radius 2 is 2.15 bits per heavy atom. The minimum atomic E-state index is -0.283. The highest BCUT2D eigenvalue weighted by atomic mass is 35.5. The zero-order valence-corrected chi connectivity index (χ0v) is 15.4. The summed E-state index contributed by atoms with van der Waals surface area (Å²) in [5.74, 6) is 0.600. The van der Waals surface area contributed by atoms with E-state index in [-0.39, 0.29) is 5.91 Å². The summed E-state index contributed by atoms with van der Waals surface area (Å²) in [4.78, 5) is 20.0. The van der Waals surface area contributed by atoms with E-state index in [9.17, 15) is 4.79 Å². The number of carbonyl (C=O) groups is 1. The Hall–Kier alpha value is -3.39. The smallest absolute Gasteiger partial charge is 0.247 e. The fraction of sp³-hybridized carbons (Fsp3) is 0.111. The van der Waals surface area contributed by atoms with Crippen molar-refractivity contribution in [3.05, 3.63) is 66.1 Å². The fourth-order valence-corrected chi connectivity index (χ4v) is 2.43. The van der Waals surface area contributed by atoms with Gasteiger partial charge in [0.2, 0.25) is 11.9 Å². The van der Waals surface area contributed by atoms with Crippen LogP contribution in [0.5, 0.6) is 0 Å². The van der Waals surface area contributed by atoms with Gasteiger partial charge in [0.15, 0.2) is 5.82 Å². The van der Waals surface area contributed by atoms with Gasteiger partial charge in [0.05, 0.1) is 12.4 Å². The maximum absolute atomic E-state index is 11.4. The van der Waals surface area contributed by atoms with Gasteiger partial charge in [-0.2, -0.15) is 10.1 Å². The molecule has 0 radical (unpaired) electrons. The minimum absolute atomic E-state index is 0.283. The van der Waals surface area contributed by atoms with Crippen molar-refractivity contribution in [3.8, 4) is 0 Å². The largest absolute Gasteiger partial charge is 0.350 e. The van der Waals surface area contributed by atoms with Gasteiger partial charge in [-0.05, 0) is 24.3 Å². The molecule has 9 heteroatoms. The third-order valence-electron chi connectivity index (χ3n) is 3.53. The molecule has 8 nitrogen and oxygen atoms in total. The molecule has 0 aliphatic rings. The molecule has 3 rings (SSSR count). The molecule has 1 amide bonds. The zero-order valence-electron chi connectivity index (χ0n) is 14.6. The first-order valence-corrected chi connectivity index (χ1v) is 8.46. The maximum Gasteiger partial charge on any atom is 0.247 e. The van der Waals surface area contributed by atoms with Gasteiger partial charge in [-0.25, -0.2) is 4.98 Å². The van der Waals surface area contributed by atoms with Crippen LogP contribution in [0.3, 0.4) is 0 Å². The van der Waals surface area contributed by atoms with Crippen molar-refractivity contribution < 1.29 is 4.79 Å². The summed E-state index contributed by atoms with van der Waals surface area (Å²) in [7, 11) is 1.86. The molecule has 0 unspecified atom stereocenters. The predicted octanol–water partition coefficient (Wildman–Crippen LogP) is 3.34. The fourth-order valence-electron chi connectivity index (χ4n) is 2.29. The summed E-state index contributed by atoms with van der Waals surface area (Å²) in [5, 5.41) is 13.5. The van der Waals surface area contributed by atoms with E-state index < -0.39 is 0 Å². The lowest BCUT2D eigenvalue weighted by molar-refractivity contribution is -0.111. The molecule has 0 saturated heterocycles. The molecule has 0 aliphatic carbocycles. The first-order valence-electron chi connectivity index (χ1n) is 8.08. The molecular weight excluding hydrogens is 366 g/mol. The van der Waals surface area contributed by atoms with E-state index in [4.69, 9.17) is 11.6 Å². The lowest BCUT2D eigenvalue weighted by Crippen LogP contribution is -2.07. The third kappa shape index (κ3) is 5.05. The van der Waals surface area contributed by atoms with Crippen molar-refractivity contribution in [2.75, 3.05) is 16.0 Å². The van der Waals surface area contributed by atoms with Crippen molar-refractivity contribution >= 4 is 40.6 Å². The normalized spacial score (nSPS) is 10.3. The quantitative estimate of drug-likeness (QED) is 0.541. The first-order chi connectivity index (χ1) is 13.0. The van der Waals surface area contributed by atoms with Crippen molar-refractivity contribution in [1.29, 1.82) is 0 Å². The molecule has 2 aromatic heterocycles. The van der Waals surface area contributed by atoms with Gasteiger partial charge in [0.1, 0.15) is 5.02 Å². The molecule has 2 heterocycles. The molecular formula is C18H18ClN7O. The number of rotatable bonds is 7. The van der Waals surface area contributed by atoms with Gasteiger partial charge in [0.25, 0.3) is 0 Å². The Bertz CT molecular complexity index is 970. The standard InChI is InChI=1S/C18H18ClN7O/c1-3-16(27)23-13-5-4-6-14(7-13)24-17-15(19)10-21-18(25-17)20-8-12-9-22-26(2)11-12/h3-7,9-11H,1,8H2,2H3,(H,23,27)(H2,20,21,24,25). The zero-order chi connectivity index (χ0) is 19.2. The first kappa shape index (κ1) is 18.4. The Balaban J connectivity index is 1.71. The molecule has 0 bridgehead atoms. The van der Waals surface area contributed by atoms with Gasteiger partial charge >= 0.3 is 0 Å². The molecule has 0 saturated carbocycles. The summed E-state index contributed by atoms with van der Waals surface area (Å²) >= 11 is 6.20. The van der Waals surface area contributed by atoms with E-state index in [0.717, 1.165) is 11.3 Å². The molecule has 0 atom stereocenters. The van der Waals surface area contributed by atoms with Gasteiger partial charge in [-0.1, -0.05) is 24.2 Å². The van der Waals surface area contributed by atoms with Crippen LogP contribution in [0.15, 0.2) is 55.5 Å². The van der Waals surface area contributed by atoms with E-state index in [0.29, 0.717) is 29.0 Å². The highest BCUT2D eigenvalue weighted by Gasteiger charge is 2.07. The van der Waals surface area contributed by atoms with E-state index >= 15 is 0 Å². The number of aryl methyl sites for hydroxylation is 1. The molecule has 0 spiro atoms. The predicted molar refractivity (Wildman–Crippen MR) is 106 cm³/mol. The molecule has 27 heavy (non-hydrogen) atoms. The summed E-state index contributed by atoms with van der Waals surface area (Å²) in [6, 6.07) is 7.18. The molecule has 3 N–H and O–H groups in total. The molecule has 1 aromatic carbocycles. The number of benzene rings is 1. The van der Waals surface area contributed by atoms with E-state index in [1.165, 1.54) is 12.3 Å². The van der Waals surface area contributed by atoms with Crippen molar-refractivity contribution in [3.63, 3.8) is 0 Å². The van der Waals surface area contributed by atoms with Crippen LogP contribution in [-0.2, 0) is 18.4 Å². The topological polar surface area (TPSA) is 96.8 Å². The highest BCUT2D eigenvalue weighted by Crippen LogP contribution is 2.25. The second-order valence-electron chi connectivity index (χ2n) is 5.67. The Morgan fingerprint density at radius 1 is 1.33 bits per heavy atom. The molecule has 138 valence electrons. The minimum Gasteiger partial charge on any atom is -0.350 e. The van der Waals surface area contributed by atoms with Crippen molar-refractivity contribution in [2.24, 2.45) is 7.05 Å². The summed E-state index contributed by atoms with van der Waals surface area (Å²) in [6.45, 7) is 3.97. The van der Waals surface area contributed by atoms with Gasteiger partial charge in [-0.15, -0.1) is 0 Å². The summed E-state index contributed by atoms with van der Waals surface area (Å²) in [6.07, 6.45) is 6.41. The summed E-state index contributed by atoms with van der Waals surface area (Å²) < 4.78 is 1.73. The van der Waals surface area contributed by atoms with E-state index in [1.54, 1.807) is 29.1 Å². The van der Waals surface area contributed by atoms with E-state index in [1.807, 2.05) is 19.3 Å². The van der Waals surface area contributed by atoms with Crippen LogP contribution in [0.1, 0.15) is 5.56 Å². The average Bonchev–Trinajstić information content (AvgIpc) is 3.08. The lowest BCUT2D eigenvalue weighted by Gasteiger charge is -2.11. The number of hydrogen-bond donors (Lipinski definition) is 3. The number of amides is 1. The number of nitrogens with zero attached hydrogens (tertiary/aromatic N) is 4. The lowest BCUT2D eigenvalue weighted by atomic mass is 10.2. The number of nitrogens with one attached hydrogen (secondary N) is 3. The van der Waals surface area contributed by atoms with Crippen LogP contribution in [0.2, 0.25) is 5.02 Å². The number of carbonyl (C=O) groups excluding carboxylic acids is 1. The second kappa shape index (κ2) is 8.33. The monoisotopic (exact) mass is 383 g/mol. The summed E-state index contributed by atoms with van der Waals surface area (Å²) in [5.41, 5.74) is 2.36. The third-order valence-corrected chi connectivity index (χ3v) is 3.81. The van der Waals surface area contributed by atoms with Gasteiger partial charge < -0.3 is 16.0 Å². The Kier molecular flexibility index (Phi) is 5.68. The van der Waals surface area contributed by atoms with Crippen LogP contribution in [0.4, 0.5) is 23.1 Å². The number of hydrogen-bond acceptors (Lipinski definition) is 6. The molecule has 0 aliphatic heterocycles. The van der Waals surface area contributed by atoms with Crippen LogP contribution >= 0.6 is 11.6 Å². The van der Waals surface area contributed by atoms with Crippen LogP contribution < -0.4 is 16.0 Å². The number of aromatic nitrogens is 4. The van der Waals surface area contributed by atoms with Gasteiger partial charge in [-0.3, -0.25) is 9.48 Å². The van der Waals surface area contributed by atoms with Crippen LogP contribution in [-0.4, -0.2) is 25.7 Å². The van der Waals surface area contributed by atoms with Crippen LogP contribution in [0, 0.1) is 0 Å². The van der Waals surface area contributed by atoms with E-state index in [2.05, 4.69) is 37.6 Å². The number of anilines is 4. The molecule has 0 fully saturated rings. The average molecular weight is 384 g/mol. The van der Waals surface area contributed by atoms with Crippen molar-refractivity contribution in [2.45, 2.75) is 6.54 Å². The number of halogens is 1. The maximum atomic E-state index is 11.4. The molecule has 3 aromatic rings. The second-order valence-corrected chi connectivity index (χ2v) is 6.07. The SMILES string of the molecule is C=CC(=O)Nc1cccc(Nc2nc(NCc3cnn(C)c3)ncc2Cl)c1.